The first-order chi connectivity index (χ1) is 9.78. The number of aryl methyl sites for hydroxylation is 1. The maximum Gasteiger partial charge on any atom is 0.0534 e. The molecule has 1 aliphatic heterocycles. The number of hydrogen-bond acceptors (Lipinski definition) is 4. The minimum atomic E-state index is 0.832. The van der Waals surface area contributed by atoms with E-state index in [1.165, 1.54) is 64.0 Å². The lowest BCUT2D eigenvalue weighted by Gasteiger charge is -2.21. The van der Waals surface area contributed by atoms with E-state index in [1.807, 2.05) is 17.9 Å². The van der Waals surface area contributed by atoms with E-state index in [2.05, 4.69) is 21.1 Å². The first-order valence-electron chi connectivity index (χ1n) is 7.90. The molecule has 114 valence electrons. The van der Waals surface area contributed by atoms with Crippen LogP contribution >= 0.6 is 0 Å². The van der Waals surface area contributed by atoms with Crippen molar-refractivity contribution in [2.75, 3.05) is 39.3 Å². The summed E-state index contributed by atoms with van der Waals surface area (Å²) in [4.78, 5) is 5.16. The molecule has 20 heavy (non-hydrogen) atoms. The van der Waals surface area contributed by atoms with Gasteiger partial charge >= 0.3 is 0 Å². The molecule has 0 atom stereocenters. The summed E-state index contributed by atoms with van der Waals surface area (Å²) < 4.78 is 1.89. The van der Waals surface area contributed by atoms with Gasteiger partial charge in [-0.3, -0.25) is 9.58 Å². The van der Waals surface area contributed by atoms with Crippen molar-refractivity contribution < 1.29 is 0 Å². The highest BCUT2D eigenvalue weighted by Gasteiger charge is 2.14. The minimum absolute atomic E-state index is 0.832. The summed E-state index contributed by atoms with van der Waals surface area (Å²) in [6, 6.07) is 0. The van der Waals surface area contributed by atoms with Crippen LogP contribution in [0.25, 0.3) is 0 Å². The van der Waals surface area contributed by atoms with Crippen molar-refractivity contribution in [3.05, 3.63) is 18.0 Å². The predicted octanol–water partition coefficient (Wildman–Crippen LogP) is 1.06. The number of aromatic nitrogens is 2. The van der Waals surface area contributed by atoms with Crippen LogP contribution in [-0.4, -0.2) is 58.8 Å². The van der Waals surface area contributed by atoms with E-state index in [-0.39, 0.29) is 0 Å². The molecule has 5 heteroatoms. The van der Waals surface area contributed by atoms with Crippen molar-refractivity contribution in [2.45, 2.75) is 32.2 Å². The lowest BCUT2D eigenvalue weighted by molar-refractivity contribution is 0.248. The van der Waals surface area contributed by atoms with E-state index in [4.69, 9.17) is 5.73 Å². The molecule has 2 rings (SSSR count). The first kappa shape index (κ1) is 15.5. The molecule has 2 N–H and O–H groups in total. The van der Waals surface area contributed by atoms with E-state index < -0.39 is 0 Å². The summed E-state index contributed by atoms with van der Waals surface area (Å²) in [6.07, 6.45) is 9.11. The van der Waals surface area contributed by atoms with Gasteiger partial charge < -0.3 is 10.6 Å². The Morgan fingerprint density at radius 2 is 1.90 bits per heavy atom. The average Bonchev–Trinajstić information content (AvgIpc) is 2.71. The molecule has 2 heterocycles. The third-order valence-electron chi connectivity index (χ3n) is 4.02. The topological polar surface area (TPSA) is 50.3 Å². The van der Waals surface area contributed by atoms with Gasteiger partial charge in [0.2, 0.25) is 0 Å². The van der Waals surface area contributed by atoms with Crippen LogP contribution in [0.4, 0.5) is 0 Å². The lowest BCUT2D eigenvalue weighted by Crippen LogP contribution is -2.31. The lowest BCUT2D eigenvalue weighted by atomic mass is 10.2. The largest absolute Gasteiger partial charge is 0.330 e. The average molecular weight is 279 g/mol. The maximum atomic E-state index is 5.54. The molecule has 1 aromatic rings. The van der Waals surface area contributed by atoms with Gasteiger partial charge in [0, 0.05) is 38.4 Å². The van der Waals surface area contributed by atoms with Crippen molar-refractivity contribution in [1.29, 1.82) is 0 Å². The Hall–Kier alpha value is -0.910. The molecular weight excluding hydrogens is 250 g/mol. The molecule has 0 spiro atoms. The number of nitrogens with zero attached hydrogens (tertiary/aromatic N) is 4. The fourth-order valence-electron chi connectivity index (χ4n) is 2.87. The van der Waals surface area contributed by atoms with Crippen LogP contribution in [0.1, 0.15) is 31.2 Å². The van der Waals surface area contributed by atoms with Gasteiger partial charge in [0.25, 0.3) is 0 Å². The summed E-state index contributed by atoms with van der Waals surface area (Å²) in [7, 11) is 1.98. The molecule has 0 aromatic carbocycles. The van der Waals surface area contributed by atoms with Crippen LogP contribution in [0.3, 0.4) is 0 Å². The third kappa shape index (κ3) is 5.23. The summed E-state index contributed by atoms with van der Waals surface area (Å²) in [5, 5.41) is 4.25. The molecular formula is C15H29N5. The van der Waals surface area contributed by atoms with Crippen molar-refractivity contribution in [3.8, 4) is 0 Å². The second-order valence-corrected chi connectivity index (χ2v) is 5.84. The molecule has 1 aromatic heterocycles. The first-order valence-corrected chi connectivity index (χ1v) is 7.90. The van der Waals surface area contributed by atoms with Crippen LogP contribution in [0.15, 0.2) is 12.4 Å². The number of nitrogens with two attached hydrogens (primary N) is 1. The van der Waals surface area contributed by atoms with Crippen LogP contribution in [0, 0.1) is 0 Å². The van der Waals surface area contributed by atoms with Crippen molar-refractivity contribution in [2.24, 2.45) is 12.8 Å². The third-order valence-corrected chi connectivity index (χ3v) is 4.02. The standard InChI is InChI=1S/C15H29N5/c1-18-13-15(12-17-18)14-20-9-5-8-19(10-11-20)7-4-2-3-6-16/h12-13H,2-11,14,16H2,1H3. The van der Waals surface area contributed by atoms with E-state index in [9.17, 15) is 0 Å². The van der Waals surface area contributed by atoms with Crippen LogP contribution in [0.5, 0.6) is 0 Å². The van der Waals surface area contributed by atoms with Gasteiger partial charge in [-0.05, 0) is 45.4 Å². The van der Waals surface area contributed by atoms with E-state index in [0.29, 0.717) is 0 Å². The highest BCUT2D eigenvalue weighted by atomic mass is 15.3. The molecule has 0 bridgehead atoms. The van der Waals surface area contributed by atoms with Gasteiger partial charge in [0.15, 0.2) is 0 Å². The van der Waals surface area contributed by atoms with Crippen LogP contribution < -0.4 is 5.73 Å². The molecule has 0 aliphatic carbocycles. The van der Waals surface area contributed by atoms with Crippen molar-refractivity contribution in [1.82, 2.24) is 19.6 Å². The minimum Gasteiger partial charge on any atom is -0.330 e. The zero-order chi connectivity index (χ0) is 14.2. The Morgan fingerprint density at radius 1 is 1.10 bits per heavy atom. The number of unbranched alkanes of at least 4 members (excludes halogenated alkanes) is 2. The summed E-state index contributed by atoms with van der Waals surface area (Å²) in [6.45, 7) is 7.92. The Bertz CT molecular complexity index is 376. The number of hydrogen-bond donors (Lipinski definition) is 1. The highest BCUT2D eigenvalue weighted by molar-refractivity contribution is 5.03. The zero-order valence-corrected chi connectivity index (χ0v) is 12.8. The van der Waals surface area contributed by atoms with Crippen molar-refractivity contribution >= 4 is 0 Å². The summed E-state index contributed by atoms with van der Waals surface area (Å²) in [5.74, 6) is 0. The van der Waals surface area contributed by atoms with Gasteiger partial charge in [-0.25, -0.2) is 0 Å². The van der Waals surface area contributed by atoms with Gasteiger partial charge in [-0.2, -0.15) is 5.10 Å². The van der Waals surface area contributed by atoms with E-state index in [0.717, 1.165) is 13.1 Å². The van der Waals surface area contributed by atoms with Gasteiger partial charge in [-0.15, -0.1) is 0 Å². The summed E-state index contributed by atoms with van der Waals surface area (Å²) >= 11 is 0. The Kier molecular flexibility index (Phi) is 6.50. The Balaban J connectivity index is 1.69. The normalized spacial score (nSPS) is 18.3. The highest BCUT2D eigenvalue weighted by Crippen LogP contribution is 2.09. The summed E-state index contributed by atoms with van der Waals surface area (Å²) in [5.41, 5.74) is 6.86. The fraction of sp³-hybridized carbons (Fsp3) is 0.800. The molecule has 0 radical (unpaired) electrons. The molecule has 0 amide bonds. The smallest absolute Gasteiger partial charge is 0.0534 e. The molecule has 0 unspecified atom stereocenters. The fourth-order valence-corrected chi connectivity index (χ4v) is 2.87. The van der Waals surface area contributed by atoms with E-state index >= 15 is 0 Å². The van der Waals surface area contributed by atoms with Crippen LogP contribution in [-0.2, 0) is 13.6 Å². The van der Waals surface area contributed by atoms with Crippen molar-refractivity contribution in [3.63, 3.8) is 0 Å². The molecule has 5 nitrogen and oxygen atoms in total. The number of rotatable bonds is 7. The second kappa shape index (κ2) is 8.39. The second-order valence-electron chi connectivity index (χ2n) is 5.84. The predicted molar refractivity (Wildman–Crippen MR) is 82.4 cm³/mol. The van der Waals surface area contributed by atoms with Gasteiger partial charge in [0.05, 0.1) is 6.20 Å². The van der Waals surface area contributed by atoms with Gasteiger partial charge in [0.1, 0.15) is 0 Å². The molecule has 1 aliphatic rings. The Labute approximate surface area is 122 Å². The Morgan fingerprint density at radius 3 is 2.65 bits per heavy atom. The zero-order valence-electron chi connectivity index (χ0n) is 12.8. The molecule has 0 saturated carbocycles. The SMILES string of the molecule is Cn1cc(CN2CCCN(CCCCCN)CC2)cn1. The molecule has 1 fully saturated rings. The van der Waals surface area contributed by atoms with E-state index in [1.54, 1.807) is 0 Å². The van der Waals surface area contributed by atoms with Crippen LogP contribution in [0.2, 0.25) is 0 Å². The monoisotopic (exact) mass is 279 g/mol. The van der Waals surface area contributed by atoms with Gasteiger partial charge in [-0.1, -0.05) is 6.42 Å². The molecule has 1 saturated heterocycles. The quantitative estimate of drug-likeness (QED) is 0.758. The maximum absolute atomic E-state index is 5.54.